The highest BCUT2D eigenvalue weighted by molar-refractivity contribution is 7.91. The average Bonchev–Trinajstić information content (AvgIpc) is 4.04. The van der Waals surface area contributed by atoms with Crippen LogP contribution in [-0.2, 0) is 29.1 Å². The van der Waals surface area contributed by atoms with Gasteiger partial charge in [-0.3, -0.25) is 19.1 Å². The summed E-state index contributed by atoms with van der Waals surface area (Å²) in [5, 5.41) is 6.90. The van der Waals surface area contributed by atoms with Gasteiger partial charge < -0.3 is 34.5 Å². The van der Waals surface area contributed by atoms with Crippen molar-refractivity contribution in [3.8, 4) is 17.4 Å². The lowest BCUT2D eigenvalue weighted by Crippen LogP contribution is -2.59. The molecule has 2 aliphatic heterocycles. The van der Waals surface area contributed by atoms with Crippen LogP contribution in [0.2, 0.25) is 0 Å². The molecule has 1 aromatic heterocycles. The summed E-state index contributed by atoms with van der Waals surface area (Å²) >= 11 is 0. The second-order valence-electron chi connectivity index (χ2n) is 17.3. The second-order valence-corrected chi connectivity index (χ2v) is 19.4. The van der Waals surface area contributed by atoms with Gasteiger partial charge in [0.25, 0.3) is 5.91 Å². The lowest BCUT2D eigenvalue weighted by molar-refractivity contribution is -0.142. The van der Waals surface area contributed by atoms with Crippen LogP contribution in [0.5, 0.6) is 17.4 Å². The Bertz CT molecular complexity index is 1990. The first-order chi connectivity index (χ1) is 26.8. The summed E-state index contributed by atoms with van der Waals surface area (Å²) in [5.41, 5.74) is -2.44. The number of carbonyl (C=O) groups is 4. The molecule has 3 fully saturated rings. The van der Waals surface area contributed by atoms with Crippen molar-refractivity contribution in [2.24, 2.45) is 17.8 Å². The number of alkyl halides is 1. The van der Waals surface area contributed by atoms with Gasteiger partial charge in [-0.15, -0.1) is 0 Å². The molecule has 0 spiro atoms. The van der Waals surface area contributed by atoms with Crippen molar-refractivity contribution in [2.75, 3.05) is 26.4 Å². The van der Waals surface area contributed by atoms with Crippen LogP contribution in [0.1, 0.15) is 93.4 Å². The number of halogens is 1. The highest BCUT2D eigenvalue weighted by Gasteiger charge is 2.63. The number of ether oxygens (including phenoxy) is 4. The van der Waals surface area contributed by atoms with Gasteiger partial charge in [-0.25, -0.2) is 22.6 Å². The van der Waals surface area contributed by atoms with E-state index in [-0.39, 0.29) is 49.9 Å². The van der Waals surface area contributed by atoms with E-state index in [1.807, 2.05) is 11.6 Å². The van der Waals surface area contributed by atoms with Gasteiger partial charge in [0, 0.05) is 23.4 Å². The number of rotatable bonds is 15. The standard InChI is InChI=1S/C40H56FN5O10S/c1-8-9-23(2)18-24(3)31(43-37(50)56-38(5,6)7)35(48)46-21-26(55-34-28-10-11-30-32(54-17-16-53-30)27(28)12-15-42-34)19-29(46)33(47)44-40(20-25(40)4)36(49)45-57(51,52)39(22-41)13-14-39/h10-12,15,23-26,29,31H,8-9,13-14,16-22H2,1-7H3,(H,43,50)(H,44,47)(H,45,49). The average molecular weight is 818 g/mol. The Labute approximate surface area is 333 Å². The molecular formula is C40H56FN5O10S. The Morgan fingerprint density at radius 2 is 1.79 bits per heavy atom. The van der Waals surface area contributed by atoms with E-state index >= 15 is 0 Å². The van der Waals surface area contributed by atoms with Gasteiger partial charge in [-0.05, 0) is 82.4 Å². The fraction of sp³-hybridized carbons (Fsp3) is 0.675. The van der Waals surface area contributed by atoms with Crippen LogP contribution in [-0.4, -0.2) is 103 Å². The van der Waals surface area contributed by atoms with Crippen LogP contribution in [0.25, 0.3) is 10.8 Å². The third-order valence-corrected chi connectivity index (χ3v) is 13.6. The highest BCUT2D eigenvalue weighted by atomic mass is 32.2. The van der Waals surface area contributed by atoms with Gasteiger partial charge in [0.1, 0.15) is 54.0 Å². The van der Waals surface area contributed by atoms with Crippen LogP contribution < -0.4 is 29.6 Å². The molecule has 2 aliphatic carbocycles. The normalized spacial score (nSPS) is 25.1. The third-order valence-electron chi connectivity index (χ3n) is 11.5. The van der Waals surface area contributed by atoms with E-state index in [9.17, 15) is 32.0 Å². The Morgan fingerprint density at radius 3 is 2.42 bits per heavy atom. The molecule has 2 aromatic rings. The van der Waals surface area contributed by atoms with Crippen LogP contribution in [0.4, 0.5) is 9.18 Å². The number of fused-ring (bicyclic) bond motifs is 3. The highest BCUT2D eigenvalue weighted by Crippen LogP contribution is 2.47. The summed E-state index contributed by atoms with van der Waals surface area (Å²) in [4.78, 5) is 61.9. The third kappa shape index (κ3) is 8.87. The molecule has 57 heavy (non-hydrogen) atoms. The summed E-state index contributed by atoms with van der Waals surface area (Å²) < 4.78 is 63.9. The number of pyridine rings is 1. The summed E-state index contributed by atoms with van der Waals surface area (Å²) in [6.45, 7) is 12.4. The number of likely N-dealkylation sites (tertiary alicyclic amines) is 1. The summed E-state index contributed by atoms with van der Waals surface area (Å²) in [6, 6.07) is 3.06. The van der Waals surface area contributed by atoms with Crippen LogP contribution >= 0.6 is 0 Å². The lowest BCUT2D eigenvalue weighted by atomic mass is 9.88. The van der Waals surface area contributed by atoms with Crippen molar-refractivity contribution in [1.82, 2.24) is 25.2 Å². The van der Waals surface area contributed by atoms with Crippen molar-refractivity contribution < 1.29 is 50.9 Å². The van der Waals surface area contributed by atoms with Crippen LogP contribution in [0.3, 0.4) is 0 Å². The fourth-order valence-electron chi connectivity index (χ4n) is 8.02. The van der Waals surface area contributed by atoms with Crippen molar-refractivity contribution >= 4 is 44.6 Å². The molecule has 0 bridgehead atoms. The Balaban J connectivity index is 1.30. The van der Waals surface area contributed by atoms with E-state index in [0.717, 1.165) is 12.8 Å². The molecule has 3 N–H and O–H groups in total. The van der Waals surface area contributed by atoms with Gasteiger partial charge in [0.15, 0.2) is 11.5 Å². The zero-order valence-electron chi connectivity index (χ0n) is 33.8. The first kappa shape index (κ1) is 42.2. The number of amides is 4. The molecule has 0 radical (unpaired) electrons. The van der Waals surface area contributed by atoms with Crippen molar-refractivity contribution in [1.29, 1.82) is 0 Å². The Kier molecular flexibility index (Phi) is 11.9. The molecule has 6 rings (SSSR count). The fourth-order valence-corrected chi connectivity index (χ4v) is 9.44. The molecule has 2 saturated carbocycles. The molecule has 1 saturated heterocycles. The maximum atomic E-state index is 14.8. The maximum absolute atomic E-state index is 14.8. The lowest BCUT2D eigenvalue weighted by Gasteiger charge is -2.33. The summed E-state index contributed by atoms with van der Waals surface area (Å²) in [7, 11) is -4.36. The SMILES string of the molecule is CCCC(C)CC(C)C(NC(=O)OC(C)(C)C)C(=O)N1CC(Oc2nccc3c4c(ccc23)OCCO4)CC1C(=O)NC1(C(=O)NS(=O)(=O)C2(CF)CC2)CC1C. The van der Waals surface area contributed by atoms with Gasteiger partial charge in [0.05, 0.1) is 6.54 Å². The topological polar surface area (TPSA) is 192 Å². The van der Waals surface area contributed by atoms with Gasteiger partial charge in [-0.2, -0.15) is 0 Å². The number of hydrogen-bond donors (Lipinski definition) is 3. The number of alkyl carbamates (subject to hydrolysis) is 1. The van der Waals surface area contributed by atoms with E-state index in [1.165, 1.54) is 4.90 Å². The first-order valence-corrected chi connectivity index (χ1v) is 21.4. The molecule has 15 nitrogen and oxygen atoms in total. The minimum absolute atomic E-state index is 0.0185. The second kappa shape index (κ2) is 16.1. The summed E-state index contributed by atoms with van der Waals surface area (Å²) in [5.74, 6) is -1.42. The van der Waals surface area contributed by atoms with Crippen molar-refractivity contribution in [3.63, 3.8) is 0 Å². The minimum Gasteiger partial charge on any atom is -0.486 e. The van der Waals surface area contributed by atoms with E-state index < -0.39 is 80.5 Å². The van der Waals surface area contributed by atoms with Gasteiger partial charge in [-0.1, -0.05) is 40.5 Å². The molecule has 1 aromatic carbocycles. The van der Waals surface area contributed by atoms with E-state index in [2.05, 4.69) is 29.5 Å². The van der Waals surface area contributed by atoms with Crippen molar-refractivity contribution in [2.45, 2.75) is 127 Å². The van der Waals surface area contributed by atoms with E-state index in [1.54, 1.807) is 52.1 Å². The van der Waals surface area contributed by atoms with Gasteiger partial charge >= 0.3 is 6.09 Å². The maximum Gasteiger partial charge on any atom is 0.408 e. The van der Waals surface area contributed by atoms with E-state index in [4.69, 9.17) is 18.9 Å². The molecule has 4 aliphatic rings. The predicted molar refractivity (Wildman–Crippen MR) is 208 cm³/mol. The zero-order chi connectivity index (χ0) is 41.5. The molecular weight excluding hydrogens is 762 g/mol. The minimum atomic E-state index is -4.36. The smallest absolute Gasteiger partial charge is 0.408 e. The number of nitrogens with one attached hydrogen (secondary N) is 3. The Morgan fingerprint density at radius 1 is 1.09 bits per heavy atom. The molecule has 4 amide bonds. The molecule has 3 heterocycles. The summed E-state index contributed by atoms with van der Waals surface area (Å²) in [6.07, 6.45) is 2.74. The zero-order valence-corrected chi connectivity index (χ0v) is 34.6. The first-order valence-electron chi connectivity index (χ1n) is 19.9. The van der Waals surface area contributed by atoms with Crippen LogP contribution in [0.15, 0.2) is 24.4 Å². The number of carbonyl (C=O) groups excluding carboxylic acids is 4. The number of sulfonamides is 1. The Hall–Kier alpha value is -4.41. The van der Waals surface area contributed by atoms with Crippen molar-refractivity contribution in [3.05, 3.63) is 24.4 Å². The predicted octanol–water partition coefficient (Wildman–Crippen LogP) is 4.55. The molecule has 314 valence electrons. The molecule has 7 atom stereocenters. The quantitative estimate of drug-likeness (QED) is 0.229. The number of hydrogen-bond acceptors (Lipinski definition) is 11. The number of aromatic nitrogens is 1. The largest absolute Gasteiger partial charge is 0.486 e. The molecule has 17 heteroatoms. The van der Waals surface area contributed by atoms with Crippen LogP contribution in [0, 0.1) is 17.8 Å². The van der Waals surface area contributed by atoms with Gasteiger partial charge in [0.2, 0.25) is 27.7 Å². The molecule has 7 unspecified atom stereocenters. The van der Waals surface area contributed by atoms with E-state index in [0.29, 0.717) is 41.9 Å². The monoisotopic (exact) mass is 817 g/mol. The number of nitrogens with zero attached hydrogens (tertiary/aromatic N) is 2. The number of benzene rings is 1.